The predicted octanol–water partition coefficient (Wildman–Crippen LogP) is 2.36. The van der Waals surface area contributed by atoms with E-state index in [1.807, 2.05) is 26.4 Å². The van der Waals surface area contributed by atoms with Crippen molar-refractivity contribution in [2.24, 2.45) is 0 Å². The molecular formula is C22H26O2Si2. The first-order chi connectivity index (χ1) is 12.5. The van der Waals surface area contributed by atoms with E-state index in [4.69, 9.17) is 8.85 Å². The van der Waals surface area contributed by atoms with E-state index in [9.17, 15) is 0 Å². The Kier molecular flexibility index (Phi) is 5.58. The molecule has 3 aromatic carbocycles. The van der Waals surface area contributed by atoms with E-state index in [1.165, 1.54) is 20.7 Å². The fourth-order valence-corrected chi connectivity index (χ4v) is 8.30. The van der Waals surface area contributed by atoms with Gasteiger partial charge >= 0.3 is 0 Å². The third-order valence-electron chi connectivity index (χ3n) is 5.45. The van der Waals surface area contributed by atoms with Crippen LogP contribution >= 0.6 is 0 Å². The van der Waals surface area contributed by atoms with Crippen LogP contribution in [0.4, 0.5) is 0 Å². The van der Waals surface area contributed by atoms with Gasteiger partial charge in [0.2, 0.25) is 0 Å². The van der Waals surface area contributed by atoms with Crippen molar-refractivity contribution in [1.82, 2.24) is 0 Å². The SMILES string of the molecule is CO[Si](C)(c1ccccc1)c1ccc([Si](C)(OC)c2ccccc2)cc1. The average molecular weight is 379 g/mol. The molecule has 0 heterocycles. The van der Waals surface area contributed by atoms with Crippen molar-refractivity contribution >= 4 is 37.4 Å². The lowest BCUT2D eigenvalue weighted by Crippen LogP contribution is -2.60. The highest BCUT2D eigenvalue weighted by molar-refractivity contribution is 6.97. The van der Waals surface area contributed by atoms with Gasteiger partial charge in [0.05, 0.1) is 0 Å². The number of rotatable bonds is 6. The summed E-state index contributed by atoms with van der Waals surface area (Å²) < 4.78 is 12.1. The van der Waals surface area contributed by atoms with Crippen molar-refractivity contribution in [2.75, 3.05) is 14.2 Å². The van der Waals surface area contributed by atoms with Gasteiger partial charge in [-0.1, -0.05) is 84.9 Å². The van der Waals surface area contributed by atoms with Gasteiger partial charge in [0, 0.05) is 14.2 Å². The third kappa shape index (κ3) is 3.33. The molecule has 0 radical (unpaired) electrons. The summed E-state index contributed by atoms with van der Waals surface area (Å²) in [7, 11) is -0.696. The minimum absolute atomic E-state index is 1.27. The minimum Gasteiger partial charge on any atom is -0.411 e. The lowest BCUT2D eigenvalue weighted by molar-refractivity contribution is 0.421. The molecule has 0 aliphatic carbocycles. The topological polar surface area (TPSA) is 18.5 Å². The first kappa shape index (κ1) is 18.8. The van der Waals surface area contributed by atoms with Gasteiger partial charge in [-0.15, -0.1) is 0 Å². The molecular weight excluding hydrogens is 352 g/mol. The van der Waals surface area contributed by atoms with Crippen LogP contribution in [0.2, 0.25) is 13.1 Å². The Bertz CT molecular complexity index is 765. The molecule has 0 fully saturated rings. The van der Waals surface area contributed by atoms with Crippen molar-refractivity contribution < 1.29 is 8.85 Å². The lowest BCUT2D eigenvalue weighted by Gasteiger charge is -2.29. The summed E-state index contributed by atoms with van der Waals surface area (Å²) in [6.07, 6.45) is 0. The van der Waals surface area contributed by atoms with Gasteiger partial charge in [0.15, 0.2) is 0 Å². The molecule has 0 saturated heterocycles. The number of hydrogen-bond donors (Lipinski definition) is 0. The van der Waals surface area contributed by atoms with Gasteiger partial charge in [0.1, 0.15) is 0 Å². The number of hydrogen-bond acceptors (Lipinski definition) is 2. The fourth-order valence-electron chi connectivity index (χ4n) is 3.42. The lowest BCUT2D eigenvalue weighted by atomic mass is 10.3. The van der Waals surface area contributed by atoms with E-state index < -0.39 is 16.6 Å². The second kappa shape index (κ2) is 7.72. The summed E-state index contributed by atoms with van der Waals surface area (Å²) >= 11 is 0. The van der Waals surface area contributed by atoms with Crippen molar-refractivity contribution in [3.05, 3.63) is 84.9 Å². The highest BCUT2D eigenvalue weighted by Gasteiger charge is 2.35. The second-order valence-corrected chi connectivity index (χ2v) is 14.0. The van der Waals surface area contributed by atoms with Gasteiger partial charge in [0.25, 0.3) is 16.6 Å². The molecule has 26 heavy (non-hydrogen) atoms. The van der Waals surface area contributed by atoms with Crippen LogP contribution in [0.3, 0.4) is 0 Å². The van der Waals surface area contributed by atoms with Crippen LogP contribution in [0.15, 0.2) is 84.9 Å². The standard InChI is InChI=1S/C22H26O2Si2/c1-23-25(3,19-11-7-5-8-12-19)21-15-17-22(18-16-21)26(4,24-2)20-13-9-6-10-14-20/h5-18H,1-4H3. The van der Waals surface area contributed by atoms with Crippen LogP contribution in [-0.4, -0.2) is 30.9 Å². The Balaban J connectivity index is 2.00. The van der Waals surface area contributed by atoms with E-state index in [0.717, 1.165) is 0 Å². The van der Waals surface area contributed by atoms with Crippen LogP contribution in [0.5, 0.6) is 0 Å². The van der Waals surface area contributed by atoms with Crippen LogP contribution in [0.25, 0.3) is 0 Å². The molecule has 0 amide bonds. The Hall–Kier alpha value is -1.99. The summed E-state index contributed by atoms with van der Waals surface area (Å²) in [4.78, 5) is 0. The molecule has 0 aliphatic heterocycles. The third-order valence-corrected chi connectivity index (χ3v) is 12.8. The van der Waals surface area contributed by atoms with E-state index in [1.54, 1.807) is 0 Å². The maximum Gasteiger partial charge on any atom is 0.252 e. The largest absolute Gasteiger partial charge is 0.411 e. The fraction of sp³-hybridized carbons (Fsp3) is 0.182. The molecule has 0 bridgehead atoms. The van der Waals surface area contributed by atoms with Crippen LogP contribution in [0, 0.1) is 0 Å². The smallest absolute Gasteiger partial charge is 0.252 e. The van der Waals surface area contributed by atoms with Crippen LogP contribution in [-0.2, 0) is 8.85 Å². The molecule has 0 N–H and O–H groups in total. The molecule has 0 spiro atoms. The maximum absolute atomic E-state index is 6.07. The first-order valence-corrected chi connectivity index (χ1v) is 13.7. The van der Waals surface area contributed by atoms with Crippen molar-refractivity contribution in [2.45, 2.75) is 13.1 Å². The molecule has 2 unspecified atom stereocenters. The van der Waals surface area contributed by atoms with Gasteiger partial charge in [-0.3, -0.25) is 0 Å². The molecule has 3 rings (SSSR count). The Morgan fingerprint density at radius 3 is 1.00 bits per heavy atom. The summed E-state index contributed by atoms with van der Waals surface area (Å²) in [6.45, 7) is 4.50. The highest BCUT2D eigenvalue weighted by Crippen LogP contribution is 2.09. The molecule has 0 aliphatic rings. The zero-order chi connectivity index (χ0) is 18.6. The Labute approximate surface area is 158 Å². The van der Waals surface area contributed by atoms with Gasteiger partial charge in [-0.05, 0) is 33.8 Å². The average Bonchev–Trinajstić information content (AvgIpc) is 2.74. The van der Waals surface area contributed by atoms with E-state index in [0.29, 0.717) is 0 Å². The molecule has 3 aromatic rings. The summed E-state index contributed by atoms with van der Waals surface area (Å²) in [5.74, 6) is 0. The Morgan fingerprint density at radius 2 is 0.731 bits per heavy atom. The molecule has 4 heteroatoms. The molecule has 2 nitrogen and oxygen atoms in total. The van der Waals surface area contributed by atoms with E-state index in [-0.39, 0.29) is 0 Å². The monoisotopic (exact) mass is 378 g/mol. The highest BCUT2D eigenvalue weighted by atomic mass is 28.4. The summed E-state index contributed by atoms with van der Waals surface area (Å²) in [5.41, 5.74) is 0. The minimum atomic E-state index is -2.17. The zero-order valence-corrected chi connectivity index (χ0v) is 17.9. The van der Waals surface area contributed by atoms with Crippen molar-refractivity contribution in [3.63, 3.8) is 0 Å². The molecule has 0 saturated carbocycles. The van der Waals surface area contributed by atoms with E-state index >= 15 is 0 Å². The maximum atomic E-state index is 6.07. The zero-order valence-electron chi connectivity index (χ0n) is 15.9. The van der Waals surface area contributed by atoms with Crippen molar-refractivity contribution in [1.29, 1.82) is 0 Å². The Morgan fingerprint density at radius 1 is 0.462 bits per heavy atom. The van der Waals surface area contributed by atoms with Gasteiger partial charge < -0.3 is 8.85 Å². The second-order valence-electron chi connectivity index (χ2n) is 6.78. The molecule has 0 aromatic heterocycles. The van der Waals surface area contributed by atoms with Crippen LogP contribution in [0.1, 0.15) is 0 Å². The quantitative estimate of drug-likeness (QED) is 0.613. The van der Waals surface area contributed by atoms with Gasteiger partial charge in [-0.2, -0.15) is 0 Å². The van der Waals surface area contributed by atoms with Crippen molar-refractivity contribution in [3.8, 4) is 0 Å². The van der Waals surface area contributed by atoms with E-state index in [2.05, 4.69) is 85.9 Å². The number of benzene rings is 3. The summed E-state index contributed by atoms with van der Waals surface area (Å²) in [5, 5.41) is 5.11. The molecule has 2 atom stereocenters. The van der Waals surface area contributed by atoms with Gasteiger partial charge in [-0.25, -0.2) is 0 Å². The predicted molar refractivity (Wildman–Crippen MR) is 115 cm³/mol. The summed E-state index contributed by atoms with van der Waals surface area (Å²) in [6, 6.07) is 30.0. The first-order valence-electron chi connectivity index (χ1n) is 8.87. The normalized spacial score (nSPS) is 15.8. The van der Waals surface area contributed by atoms with Crippen LogP contribution < -0.4 is 20.7 Å². The molecule has 134 valence electrons.